The van der Waals surface area contributed by atoms with Crippen molar-refractivity contribution in [3.8, 4) is 11.3 Å². The van der Waals surface area contributed by atoms with Crippen LogP contribution in [-0.4, -0.2) is 30.5 Å². The normalized spacial score (nSPS) is 14.8. The summed E-state index contributed by atoms with van der Waals surface area (Å²) in [5.41, 5.74) is 3.23. The van der Waals surface area contributed by atoms with Gasteiger partial charge in [-0.1, -0.05) is 6.92 Å². The second-order valence-corrected chi connectivity index (χ2v) is 5.27. The number of nitrogen functional groups attached to an aromatic ring is 1. The van der Waals surface area contributed by atoms with E-state index in [-0.39, 0.29) is 23.8 Å². The number of aliphatic hydroxyl groups is 1. The molecule has 2 heterocycles. The second kappa shape index (κ2) is 5.56. The SMILES string of the molecule is CCC(C)(O)Cn1cc(-c2nc(N)ncc2C(F)(F)F)cn1. The van der Waals surface area contributed by atoms with Gasteiger partial charge in [0.2, 0.25) is 5.95 Å². The fraction of sp³-hybridized carbons (Fsp3) is 0.462. The number of rotatable bonds is 4. The molecule has 120 valence electrons. The van der Waals surface area contributed by atoms with Gasteiger partial charge in [0, 0.05) is 18.0 Å². The van der Waals surface area contributed by atoms with Crippen molar-refractivity contribution in [2.45, 2.75) is 38.6 Å². The molecule has 9 heteroatoms. The minimum Gasteiger partial charge on any atom is -0.388 e. The first kappa shape index (κ1) is 16.2. The van der Waals surface area contributed by atoms with E-state index in [9.17, 15) is 18.3 Å². The number of nitrogens with two attached hydrogens (primary N) is 1. The van der Waals surface area contributed by atoms with Gasteiger partial charge < -0.3 is 10.8 Å². The predicted octanol–water partition coefficient (Wildman–Crippen LogP) is 2.10. The molecular formula is C13H16F3N5O. The van der Waals surface area contributed by atoms with Crippen LogP contribution in [0, 0.1) is 0 Å². The Bertz CT molecular complexity index is 666. The largest absolute Gasteiger partial charge is 0.419 e. The lowest BCUT2D eigenvalue weighted by atomic mass is 10.0. The second-order valence-electron chi connectivity index (χ2n) is 5.27. The fourth-order valence-corrected chi connectivity index (χ4v) is 1.86. The fourth-order valence-electron chi connectivity index (χ4n) is 1.86. The van der Waals surface area contributed by atoms with E-state index in [0.717, 1.165) is 0 Å². The minimum atomic E-state index is -4.60. The summed E-state index contributed by atoms with van der Waals surface area (Å²) in [6.45, 7) is 3.58. The molecule has 1 unspecified atom stereocenters. The summed E-state index contributed by atoms with van der Waals surface area (Å²) in [5.74, 6) is -0.253. The Morgan fingerprint density at radius 3 is 2.59 bits per heavy atom. The molecule has 0 spiro atoms. The molecule has 6 nitrogen and oxygen atoms in total. The van der Waals surface area contributed by atoms with Crippen molar-refractivity contribution >= 4 is 5.95 Å². The highest BCUT2D eigenvalue weighted by molar-refractivity contribution is 5.62. The number of hydrogen-bond donors (Lipinski definition) is 2. The van der Waals surface area contributed by atoms with Crippen molar-refractivity contribution in [3.05, 3.63) is 24.2 Å². The molecule has 2 rings (SSSR count). The summed E-state index contributed by atoms with van der Waals surface area (Å²) in [6.07, 6.45) is -0.822. The highest BCUT2D eigenvalue weighted by Gasteiger charge is 2.35. The number of halogens is 3. The van der Waals surface area contributed by atoms with Crippen LogP contribution in [0.25, 0.3) is 11.3 Å². The number of hydrogen-bond acceptors (Lipinski definition) is 5. The van der Waals surface area contributed by atoms with E-state index in [1.807, 2.05) is 0 Å². The molecule has 0 aliphatic carbocycles. The molecule has 2 aromatic heterocycles. The molecule has 0 saturated heterocycles. The lowest BCUT2D eigenvalue weighted by Gasteiger charge is -2.20. The third-order valence-electron chi connectivity index (χ3n) is 3.28. The Labute approximate surface area is 124 Å². The van der Waals surface area contributed by atoms with Crippen LogP contribution >= 0.6 is 0 Å². The third-order valence-corrected chi connectivity index (χ3v) is 3.28. The van der Waals surface area contributed by atoms with Crippen LogP contribution in [0.3, 0.4) is 0 Å². The van der Waals surface area contributed by atoms with Crippen LogP contribution in [0.2, 0.25) is 0 Å². The summed E-state index contributed by atoms with van der Waals surface area (Å²) in [6, 6.07) is 0. The Kier molecular flexibility index (Phi) is 4.10. The van der Waals surface area contributed by atoms with Gasteiger partial charge in [-0.2, -0.15) is 18.3 Å². The van der Waals surface area contributed by atoms with Crippen LogP contribution in [0.15, 0.2) is 18.6 Å². The standard InChI is InChI=1S/C13H16F3N5O/c1-3-12(2,22)7-21-6-8(4-19-21)10-9(13(14,15)16)5-18-11(17)20-10/h4-6,22H,3,7H2,1-2H3,(H2,17,18,20). The first-order valence-electron chi connectivity index (χ1n) is 6.57. The Balaban J connectivity index is 2.41. The Hall–Kier alpha value is -2.16. The summed E-state index contributed by atoms with van der Waals surface area (Å²) in [5, 5.41) is 14.0. The summed E-state index contributed by atoms with van der Waals surface area (Å²) in [7, 11) is 0. The number of alkyl halides is 3. The van der Waals surface area contributed by atoms with Crippen LogP contribution in [0.1, 0.15) is 25.8 Å². The Morgan fingerprint density at radius 1 is 1.32 bits per heavy atom. The zero-order chi connectivity index (χ0) is 16.5. The zero-order valence-electron chi connectivity index (χ0n) is 12.1. The molecular weight excluding hydrogens is 299 g/mol. The maximum atomic E-state index is 13.0. The van der Waals surface area contributed by atoms with Gasteiger partial charge in [0.05, 0.1) is 24.0 Å². The van der Waals surface area contributed by atoms with Crippen molar-refractivity contribution in [2.24, 2.45) is 0 Å². The van der Waals surface area contributed by atoms with Gasteiger partial charge in [0.1, 0.15) is 5.56 Å². The van der Waals surface area contributed by atoms with E-state index in [2.05, 4.69) is 15.1 Å². The van der Waals surface area contributed by atoms with Crippen LogP contribution in [0.4, 0.5) is 19.1 Å². The highest BCUT2D eigenvalue weighted by Crippen LogP contribution is 2.35. The van der Waals surface area contributed by atoms with E-state index >= 15 is 0 Å². The maximum Gasteiger partial charge on any atom is 0.419 e. The monoisotopic (exact) mass is 315 g/mol. The van der Waals surface area contributed by atoms with E-state index in [1.54, 1.807) is 13.8 Å². The third kappa shape index (κ3) is 3.53. The molecule has 22 heavy (non-hydrogen) atoms. The number of nitrogens with zero attached hydrogens (tertiary/aromatic N) is 4. The molecule has 0 amide bonds. The first-order chi connectivity index (χ1) is 10.1. The summed E-state index contributed by atoms with van der Waals surface area (Å²) < 4.78 is 40.4. The average molecular weight is 315 g/mol. The quantitative estimate of drug-likeness (QED) is 0.902. The van der Waals surface area contributed by atoms with E-state index in [0.29, 0.717) is 12.6 Å². The number of anilines is 1. The number of aromatic nitrogens is 4. The summed E-state index contributed by atoms with van der Waals surface area (Å²) in [4.78, 5) is 7.06. The van der Waals surface area contributed by atoms with Crippen molar-refractivity contribution in [3.63, 3.8) is 0 Å². The van der Waals surface area contributed by atoms with Gasteiger partial charge in [0.15, 0.2) is 0 Å². The van der Waals surface area contributed by atoms with Crippen LogP contribution < -0.4 is 5.73 Å². The maximum absolute atomic E-state index is 13.0. The van der Waals surface area contributed by atoms with Crippen LogP contribution in [0.5, 0.6) is 0 Å². The van der Waals surface area contributed by atoms with Gasteiger partial charge in [-0.25, -0.2) is 9.97 Å². The molecule has 2 aromatic rings. The minimum absolute atomic E-state index is 0.158. The molecule has 0 aliphatic rings. The molecule has 0 bridgehead atoms. The average Bonchev–Trinajstić information content (AvgIpc) is 2.85. The smallest absolute Gasteiger partial charge is 0.388 e. The predicted molar refractivity (Wildman–Crippen MR) is 73.6 cm³/mol. The van der Waals surface area contributed by atoms with E-state index in [1.165, 1.54) is 17.1 Å². The van der Waals surface area contributed by atoms with Crippen molar-refractivity contribution in [1.29, 1.82) is 0 Å². The van der Waals surface area contributed by atoms with Crippen molar-refractivity contribution < 1.29 is 18.3 Å². The Morgan fingerprint density at radius 2 is 2.00 bits per heavy atom. The summed E-state index contributed by atoms with van der Waals surface area (Å²) >= 11 is 0. The van der Waals surface area contributed by atoms with Gasteiger partial charge in [-0.3, -0.25) is 4.68 Å². The zero-order valence-corrected chi connectivity index (χ0v) is 12.1. The molecule has 0 aromatic carbocycles. The van der Waals surface area contributed by atoms with Crippen molar-refractivity contribution in [2.75, 3.05) is 5.73 Å². The molecule has 0 aliphatic heterocycles. The molecule has 0 fully saturated rings. The van der Waals surface area contributed by atoms with Gasteiger partial charge in [-0.05, 0) is 13.3 Å². The molecule has 0 radical (unpaired) electrons. The van der Waals surface area contributed by atoms with Gasteiger partial charge in [-0.15, -0.1) is 0 Å². The van der Waals surface area contributed by atoms with E-state index < -0.39 is 17.3 Å². The first-order valence-corrected chi connectivity index (χ1v) is 6.57. The molecule has 1 atom stereocenters. The molecule has 0 saturated carbocycles. The van der Waals surface area contributed by atoms with Gasteiger partial charge >= 0.3 is 6.18 Å². The lowest BCUT2D eigenvalue weighted by Crippen LogP contribution is -2.29. The highest BCUT2D eigenvalue weighted by atomic mass is 19.4. The topological polar surface area (TPSA) is 89.8 Å². The lowest BCUT2D eigenvalue weighted by molar-refractivity contribution is -0.137. The molecule has 3 N–H and O–H groups in total. The van der Waals surface area contributed by atoms with E-state index in [4.69, 9.17) is 5.73 Å². The van der Waals surface area contributed by atoms with Crippen LogP contribution in [-0.2, 0) is 12.7 Å². The van der Waals surface area contributed by atoms with Crippen molar-refractivity contribution in [1.82, 2.24) is 19.7 Å². The van der Waals surface area contributed by atoms with Gasteiger partial charge in [0.25, 0.3) is 0 Å².